The molecule has 0 atom stereocenters. The van der Waals surface area contributed by atoms with Crippen LogP contribution in [0.1, 0.15) is 0 Å². The van der Waals surface area contributed by atoms with Gasteiger partial charge in [-0.3, -0.25) is 0 Å². The van der Waals surface area contributed by atoms with Crippen molar-refractivity contribution in [2.75, 3.05) is 0 Å². The molecule has 2 heterocycles. The zero-order valence-electron chi connectivity index (χ0n) is 5.24. The minimum Gasteiger partial charge on any atom is -0.336 e. The SMILES string of the molecule is C=c1ncn2c(=C)onc12. The van der Waals surface area contributed by atoms with E-state index >= 15 is 0 Å². The minimum atomic E-state index is 0.470. The van der Waals surface area contributed by atoms with Gasteiger partial charge in [0.25, 0.3) is 0 Å². The third-order valence-electron chi connectivity index (χ3n) is 1.32. The monoisotopic (exact) mass is 135 g/mol. The number of nitrogens with zero attached hydrogens (tertiary/aromatic N) is 3. The number of imidazole rings is 1. The van der Waals surface area contributed by atoms with Crippen molar-refractivity contribution in [1.82, 2.24) is 14.5 Å². The highest BCUT2D eigenvalue weighted by molar-refractivity contribution is 5.36. The molecule has 2 rings (SSSR count). The largest absolute Gasteiger partial charge is 0.336 e. The van der Waals surface area contributed by atoms with Gasteiger partial charge in [-0.2, -0.15) is 0 Å². The van der Waals surface area contributed by atoms with Crippen molar-refractivity contribution in [3.8, 4) is 0 Å². The molecule has 0 amide bonds. The first-order valence-electron chi connectivity index (χ1n) is 2.75. The lowest BCUT2D eigenvalue weighted by molar-refractivity contribution is 0.391. The van der Waals surface area contributed by atoms with Gasteiger partial charge in [-0.1, -0.05) is 11.7 Å². The summed E-state index contributed by atoms with van der Waals surface area (Å²) in [5.74, 6) is 0. The van der Waals surface area contributed by atoms with Crippen LogP contribution in [0.5, 0.6) is 0 Å². The molecule has 0 aliphatic rings. The number of hydrogen-bond donors (Lipinski definition) is 0. The fourth-order valence-electron chi connectivity index (χ4n) is 0.798. The maximum absolute atomic E-state index is 4.76. The Morgan fingerprint density at radius 3 is 3.00 bits per heavy atom. The van der Waals surface area contributed by atoms with E-state index in [1.807, 2.05) is 0 Å². The van der Waals surface area contributed by atoms with Gasteiger partial charge in [0.15, 0.2) is 0 Å². The summed E-state index contributed by atoms with van der Waals surface area (Å²) in [5, 5.41) is 4.29. The quantitative estimate of drug-likeness (QED) is 0.472. The average Bonchev–Trinajstić information content (AvgIpc) is 2.41. The van der Waals surface area contributed by atoms with Crippen LogP contribution in [0.3, 0.4) is 0 Å². The summed E-state index contributed by atoms with van der Waals surface area (Å²) in [4.78, 5) is 3.91. The molecule has 2 aromatic rings. The van der Waals surface area contributed by atoms with Gasteiger partial charge in [0.05, 0.1) is 0 Å². The van der Waals surface area contributed by atoms with Gasteiger partial charge < -0.3 is 4.52 Å². The van der Waals surface area contributed by atoms with E-state index in [9.17, 15) is 0 Å². The highest BCUT2D eigenvalue weighted by Crippen LogP contribution is 1.82. The molecule has 0 unspecified atom stereocenters. The topological polar surface area (TPSA) is 43.3 Å². The third kappa shape index (κ3) is 0.452. The molecular weight excluding hydrogens is 130 g/mol. The summed E-state index contributed by atoms with van der Waals surface area (Å²) in [7, 11) is 0. The zero-order valence-corrected chi connectivity index (χ0v) is 5.24. The summed E-state index contributed by atoms with van der Waals surface area (Å²) in [6.45, 7) is 7.23. The lowest BCUT2D eigenvalue weighted by Crippen LogP contribution is -2.02. The molecule has 4 nitrogen and oxygen atoms in total. The Kier molecular flexibility index (Phi) is 0.768. The van der Waals surface area contributed by atoms with Crippen LogP contribution >= 0.6 is 0 Å². The Balaban J connectivity index is 3.24. The smallest absolute Gasteiger partial charge is 0.229 e. The van der Waals surface area contributed by atoms with Gasteiger partial charge >= 0.3 is 0 Å². The lowest BCUT2D eigenvalue weighted by atomic mass is 10.7. The van der Waals surface area contributed by atoms with Crippen LogP contribution in [0.2, 0.25) is 0 Å². The molecule has 2 aromatic heterocycles. The van der Waals surface area contributed by atoms with E-state index in [1.165, 1.54) is 0 Å². The molecule has 0 aliphatic heterocycles. The second-order valence-electron chi connectivity index (χ2n) is 1.96. The zero-order chi connectivity index (χ0) is 7.14. The summed E-state index contributed by atoms with van der Waals surface area (Å²) in [5.41, 5.74) is 1.10. The van der Waals surface area contributed by atoms with Gasteiger partial charge in [0.2, 0.25) is 11.2 Å². The molecule has 0 saturated heterocycles. The van der Waals surface area contributed by atoms with Crippen molar-refractivity contribution >= 4 is 18.8 Å². The van der Waals surface area contributed by atoms with Crippen molar-refractivity contribution < 1.29 is 4.52 Å². The standard InChI is InChI=1S/C6H5N3O/c1-4-6-8-10-5(2)9(6)3-7-4/h3H,1-2H2. The van der Waals surface area contributed by atoms with Gasteiger partial charge in [0.1, 0.15) is 11.7 Å². The highest BCUT2D eigenvalue weighted by Gasteiger charge is 1.98. The van der Waals surface area contributed by atoms with Gasteiger partial charge in [-0.15, -0.1) is 0 Å². The Morgan fingerprint density at radius 2 is 2.30 bits per heavy atom. The predicted molar refractivity (Wildman–Crippen MR) is 35.5 cm³/mol. The van der Waals surface area contributed by atoms with Crippen LogP contribution in [0.4, 0.5) is 0 Å². The van der Waals surface area contributed by atoms with Crippen LogP contribution in [0.15, 0.2) is 10.9 Å². The van der Waals surface area contributed by atoms with Crippen molar-refractivity contribution in [3.63, 3.8) is 0 Å². The molecule has 0 spiro atoms. The maximum atomic E-state index is 4.76. The molecule has 50 valence electrons. The lowest BCUT2D eigenvalue weighted by Gasteiger charge is -1.70. The van der Waals surface area contributed by atoms with Crippen LogP contribution in [-0.2, 0) is 0 Å². The van der Waals surface area contributed by atoms with E-state index in [4.69, 9.17) is 4.52 Å². The van der Waals surface area contributed by atoms with Crippen LogP contribution in [-0.4, -0.2) is 14.5 Å². The maximum Gasteiger partial charge on any atom is 0.229 e. The van der Waals surface area contributed by atoms with Gasteiger partial charge in [0, 0.05) is 0 Å². The number of hydrogen-bond acceptors (Lipinski definition) is 3. The number of fused-ring (bicyclic) bond motifs is 1. The van der Waals surface area contributed by atoms with E-state index in [0.717, 1.165) is 0 Å². The number of rotatable bonds is 0. The Morgan fingerprint density at radius 1 is 1.50 bits per heavy atom. The van der Waals surface area contributed by atoms with E-state index in [1.54, 1.807) is 10.7 Å². The fraction of sp³-hybridized carbons (Fsp3) is 0. The minimum absolute atomic E-state index is 0.470. The van der Waals surface area contributed by atoms with Crippen LogP contribution in [0.25, 0.3) is 18.8 Å². The second-order valence-corrected chi connectivity index (χ2v) is 1.96. The molecule has 0 saturated carbocycles. The number of aromatic nitrogens is 3. The fourth-order valence-corrected chi connectivity index (χ4v) is 0.798. The first-order valence-corrected chi connectivity index (χ1v) is 2.75. The molecule has 0 aromatic carbocycles. The second kappa shape index (κ2) is 1.47. The van der Waals surface area contributed by atoms with Crippen molar-refractivity contribution in [2.45, 2.75) is 0 Å². The molecule has 0 radical (unpaired) electrons. The molecule has 0 N–H and O–H groups in total. The molecule has 0 bridgehead atoms. The normalized spacial score (nSPS) is 10.8. The van der Waals surface area contributed by atoms with Crippen LogP contribution < -0.4 is 10.9 Å². The first kappa shape index (κ1) is 5.22. The summed E-state index contributed by atoms with van der Waals surface area (Å²) in [6.07, 6.45) is 1.58. The average molecular weight is 135 g/mol. The summed E-state index contributed by atoms with van der Waals surface area (Å²) in [6, 6.07) is 0. The van der Waals surface area contributed by atoms with E-state index < -0.39 is 0 Å². The van der Waals surface area contributed by atoms with E-state index in [0.29, 0.717) is 16.5 Å². The van der Waals surface area contributed by atoms with Crippen molar-refractivity contribution in [1.29, 1.82) is 0 Å². The molecule has 10 heavy (non-hydrogen) atoms. The Bertz CT molecular complexity index is 409. The van der Waals surface area contributed by atoms with E-state index in [-0.39, 0.29) is 0 Å². The first-order chi connectivity index (χ1) is 4.79. The predicted octanol–water partition coefficient (Wildman–Crippen LogP) is -0.857. The summed E-state index contributed by atoms with van der Waals surface area (Å²) < 4.78 is 6.40. The summed E-state index contributed by atoms with van der Waals surface area (Å²) >= 11 is 0. The van der Waals surface area contributed by atoms with Crippen LogP contribution in [0, 0.1) is 0 Å². The van der Waals surface area contributed by atoms with E-state index in [2.05, 4.69) is 23.3 Å². The third-order valence-corrected chi connectivity index (χ3v) is 1.32. The Labute approximate surface area is 56.1 Å². The Hall–Kier alpha value is -1.58. The van der Waals surface area contributed by atoms with Gasteiger partial charge in [-0.05, 0) is 6.58 Å². The molecule has 0 fully saturated rings. The van der Waals surface area contributed by atoms with Crippen molar-refractivity contribution in [3.05, 3.63) is 17.2 Å². The highest BCUT2D eigenvalue weighted by atomic mass is 16.5. The molecule has 4 heteroatoms. The van der Waals surface area contributed by atoms with Gasteiger partial charge in [-0.25, -0.2) is 9.38 Å². The van der Waals surface area contributed by atoms with Crippen molar-refractivity contribution in [2.24, 2.45) is 0 Å². The molecular formula is C6H5N3O. The molecule has 0 aliphatic carbocycles.